The molecule has 8 heterocycles. The molecule has 0 spiro atoms. The van der Waals surface area contributed by atoms with Crippen molar-refractivity contribution in [2.75, 3.05) is 37.9 Å². The quantitative estimate of drug-likeness (QED) is 0.119. The normalized spacial score (nSPS) is 19.9. The van der Waals surface area contributed by atoms with E-state index in [1.807, 2.05) is 46.1 Å². The average molecular weight is 835 g/mol. The van der Waals surface area contributed by atoms with Crippen molar-refractivity contribution >= 4 is 109 Å². The number of rotatable bonds is 8. The second-order valence-electron chi connectivity index (χ2n) is 14.7. The SMILES string of the molecule is CCC1C(c2cc3c(Nc4ccc5scnc5c4)ccnc3s2)CCCN1C.CCC1NCCCC1c1cc2c(Nc3ccc4scnc4c3)ccnc2s1.CO. The number of thiophene rings is 2. The summed E-state index contributed by atoms with van der Waals surface area (Å²) < 4.78 is 2.43. The molecule has 296 valence electrons. The van der Waals surface area contributed by atoms with E-state index >= 15 is 0 Å². The van der Waals surface area contributed by atoms with E-state index in [4.69, 9.17) is 5.11 Å². The first kappa shape index (κ1) is 39.7. The van der Waals surface area contributed by atoms with Crippen molar-refractivity contribution in [1.29, 1.82) is 0 Å². The van der Waals surface area contributed by atoms with Crippen LogP contribution in [0.4, 0.5) is 22.7 Å². The summed E-state index contributed by atoms with van der Waals surface area (Å²) in [5.74, 6) is 1.21. The van der Waals surface area contributed by atoms with E-state index in [0.29, 0.717) is 23.9 Å². The summed E-state index contributed by atoms with van der Waals surface area (Å²) in [4.78, 5) is 25.9. The average Bonchev–Trinajstić information content (AvgIpc) is 4.08. The van der Waals surface area contributed by atoms with Gasteiger partial charge >= 0.3 is 0 Å². The highest BCUT2D eigenvalue weighted by Gasteiger charge is 2.31. The van der Waals surface area contributed by atoms with Gasteiger partial charge in [-0.25, -0.2) is 19.9 Å². The van der Waals surface area contributed by atoms with E-state index in [1.54, 1.807) is 22.7 Å². The molecule has 2 aromatic carbocycles. The minimum Gasteiger partial charge on any atom is -0.400 e. The molecule has 10 rings (SSSR count). The summed E-state index contributed by atoms with van der Waals surface area (Å²) in [5, 5.41) is 20.3. The number of nitrogens with one attached hydrogen (secondary N) is 3. The van der Waals surface area contributed by atoms with Crippen molar-refractivity contribution in [3.8, 4) is 0 Å². The van der Waals surface area contributed by atoms with E-state index in [0.717, 1.165) is 57.1 Å². The summed E-state index contributed by atoms with van der Waals surface area (Å²) in [6.07, 6.45) is 11.3. The van der Waals surface area contributed by atoms with E-state index in [9.17, 15) is 0 Å². The highest BCUT2D eigenvalue weighted by Crippen LogP contribution is 2.42. The molecular weight excluding hydrogens is 785 g/mol. The Morgan fingerprint density at radius 1 is 0.702 bits per heavy atom. The summed E-state index contributed by atoms with van der Waals surface area (Å²) in [7, 11) is 3.27. The number of aliphatic hydroxyl groups excluding tert-OH is 1. The Hall–Kier alpha value is -4.08. The van der Waals surface area contributed by atoms with Gasteiger partial charge in [0.1, 0.15) is 9.66 Å². The standard InChI is InChI=1S/C22H24N4S2.C21H22N4S2.CH4O/c1-3-19-15(5-4-10-26(19)2)21-12-16-17(8-9-23-22(16)28-21)25-14-6-7-20-18(11-14)24-13-27-20;1-2-16-14(4-3-8-22-16)20-11-15-17(7-9-23-21(15)27-20)25-13-5-6-19-18(10-13)24-12-26-19;1-2/h6-9,11-13,15,19H,3-5,10H2,1-2H3,(H,23,25);5-7,9-12,14,16,22H,2-4,8H2,1H3,(H,23,25);2H,1H3. The van der Waals surface area contributed by atoms with E-state index in [1.165, 1.54) is 75.0 Å². The topological polar surface area (TPSA) is 111 Å². The molecule has 6 aromatic heterocycles. The predicted molar refractivity (Wildman–Crippen MR) is 246 cm³/mol. The van der Waals surface area contributed by atoms with Crippen LogP contribution in [0.5, 0.6) is 0 Å². The van der Waals surface area contributed by atoms with Crippen LogP contribution in [0.2, 0.25) is 0 Å². The molecular formula is C44H50N8OS4. The van der Waals surface area contributed by atoms with Crippen LogP contribution < -0.4 is 16.0 Å². The zero-order valence-corrected chi connectivity index (χ0v) is 36.1. The van der Waals surface area contributed by atoms with Gasteiger partial charge in [0.25, 0.3) is 0 Å². The number of thiazole rings is 2. The monoisotopic (exact) mass is 834 g/mol. The van der Waals surface area contributed by atoms with Gasteiger partial charge in [0.05, 0.1) is 42.8 Å². The van der Waals surface area contributed by atoms with Gasteiger partial charge in [-0.2, -0.15) is 0 Å². The summed E-state index contributed by atoms with van der Waals surface area (Å²) in [5.41, 5.74) is 10.3. The van der Waals surface area contributed by atoms with Crippen LogP contribution >= 0.6 is 45.3 Å². The fraction of sp³-hybridized carbons (Fsp3) is 0.364. The molecule has 8 aromatic rings. The second kappa shape index (κ2) is 18.2. The Labute approximate surface area is 350 Å². The minimum absolute atomic E-state index is 0.579. The number of likely N-dealkylation sites (N-methyl/N-ethyl adjacent to an activating group) is 1. The number of hydrogen-bond acceptors (Lipinski definition) is 13. The van der Waals surface area contributed by atoms with Gasteiger partial charge in [0, 0.05) is 75.3 Å². The van der Waals surface area contributed by atoms with Crippen molar-refractivity contribution in [3.05, 3.63) is 93.8 Å². The van der Waals surface area contributed by atoms with Crippen molar-refractivity contribution in [2.45, 2.75) is 76.3 Å². The van der Waals surface area contributed by atoms with Crippen LogP contribution in [-0.2, 0) is 0 Å². The van der Waals surface area contributed by atoms with Gasteiger partial charge in [0.15, 0.2) is 0 Å². The zero-order chi connectivity index (χ0) is 39.3. The van der Waals surface area contributed by atoms with Crippen LogP contribution in [0.25, 0.3) is 40.9 Å². The Bertz CT molecular complexity index is 2560. The van der Waals surface area contributed by atoms with E-state index in [-0.39, 0.29) is 0 Å². The highest BCUT2D eigenvalue weighted by atomic mass is 32.1. The first-order chi connectivity index (χ1) is 28.0. The van der Waals surface area contributed by atoms with Gasteiger partial charge in [-0.05, 0) is 119 Å². The lowest BCUT2D eigenvalue weighted by molar-refractivity contribution is 0.157. The Balaban J connectivity index is 0.000000153. The Kier molecular flexibility index (Phi) is 12.7. The fourth-order valence-electron chi connectivity index (χ4n) is 8.56. The molecule has 2 fully saturated rings. The molecule has 9 nitrogen and oxygen atoms in total. The number of likely N-dealkylation sites (tertiary alicyclic amines) is 1. The Morgan fingerprint density at radius 3 is 1.82 bits per heavy atom. The largest absolute Gasteiger partial charge is 0.400 e. The summed E-state index contributed by atoms with van der Waals surface area (Å²) >= 11 is 7.06. The maximum absolute atomic E-state index is 7.00. The molecule has 57 heavy (non-hydrogen) atoms. The summed E-state index contributed by atoms with van der Waals surface area (Å²) in [6, 6.07) is 22.8. The Morgan fingerprint density at radius 2 is 1.26 bits per heavy atom. The summed E-state index contributed by atoms with van der Waals surface area (Å²) in [6.45, 7) is 6.95. The van der Waals surface area contributed by atoms with Crippen LogP contribution in [-0.4, -0.2) is 69.3 Å². The maximum atomic E-state index is 7.00. The minimum atomic E-state index is 0.579. The van der Waals surface area contributed by atoms with Gasteiger partial charge in [-0.15, -0.1) is 45.3 Å². The van der Waals surface area contributed by atoms with Crippen molar-refractivity contribution in [2.24, 2.45) is 0 Å². The molecule has 0 amide bonds. The van der Waals surface area contributed by atoms with Gasteiger partial charge in [-0.1, -0.05) is 13.8 Å². The lowest BCUT2D eigenvalue weighted by atomic mass is 9.86. The smallest absolute Gasteiger partial charge is 0.125 e. The number of pyridine rings is 2. The van der Waals surface area contributed by atoms with Crippen molar-refractivity contribution in [1.82, 2.24) is 30.2 Å². The second-order valence-corrected chi connectivity index (χ2v) is 18.6. The number of nitrogens with zero attached hydrogens (tertiary/aromatic N) is 5. The van der Waals surface area contributed by atoms with Gasteiger partial charge in [0.2, 0.25) is 0 Å². The first-order valence-electron chi connectivity index (χ1n) is 19.9. The van der Waals surface area contributed by atoms with Crippen molar-refractivity contribution in [3.63, 3.8) is 0 Å². The van der Waals surface area contributed by atoms with Gasteiger partial charge in [-0.3, -0.25) is 0 Å². The number of anilines is 4. The van der Waals surface area contributed by atoms with Gasteiger partial charge < -0.3 is 26.0 Å². The van der Waals surface area contributed by atoms with Crippen LogP contribution in [0.1, 0.15) is 74.0 Å². The van der Waals surface area contributed by atoms with Crippen LogP contribution in [0.15, 0.2) is 84.1 Å². The molecule has 0 aliphatic carbocycles. The third kappa shape index (κ3) is 8.56. The fourth-order valence-corrected chi connectivity index (χ4v) is 12.3. The lowest BCUT2D eigenvalue weighted by Crippen LogP contribution is -2.40. The molecule has 0 radical (unpaired) electrons. The molecule has 2 aliphatic heterocycles. The van der Waals surface area contributed by atoms with E-state index < -0.39 is 0 Å². The number of benzene rings is 2. The van der Waals surface area contributed by atoms with Crippen LogP contribution in [0, 0.1) is 0 Å². The maximum Gasteiger partial charge on any atom is 0.125 e. The molecule has 4 N–H and O–H groups in total. The molecule has 2 saturated heterocycles. The lowest BCUT2D eigenvalue weighted by Gasteiger charge is -2.38. The molecule has 0 saturated carbocycles. The number of hydrogen-bond donors (Lipinski definition) is 4. The number of aliphatic hydroxyl groups is 1. The van der Waals surface area contributed by atoms with E-state index in [2.05, 4.69) is 122 Å². The molecule has 2 aliphatic rings. The third-order valence-corrected chi connectivity index (χ3v) is 15.3. The third-order valence-electron chi connectivity index (χ3n) is 11.4. The first-order valence-corrected chi connectivity index (χ1v) is 23.3. The number of aromatic nitrogens is 4. The van der Waals surface area contributed by atoms with Crippen molar-refractivity contribution < 1.29 is 5.11 Å². The molecule has 4 unspecified atom stereocenters. The number of piperidine rings is 2. The predicted octanol–water partition coefficient (Wildman–Crippen LogP) is 11.7. The highest BCUT2D eigenvalue weighted by molar-refractivity contribution is 7.19. The van der Waals surface area contributed by atoms with Crippen LogP contribution in [0.3, 0.4) is 0 Å². The molecule has 13 heteroatoms. The molecule has 0 bridgehead atoms. The molecule has 4 atom stereocenters. The zero-order valence-electron chi connectivity index (χ0n) is 32.9. The number of fused-ring (bicyclic) bond motifs is 4.